The van der Waals surface area contributed by atoms with Crippen molar-refractivity contribution in [2.45, 2.75) is 12.5 Å². The molecule has 2 aromatic rings. The largest absolute Gasteiger partial charge is 0.325 e. The van der Waals surface area contributed by atoms with Crippen LogP contribution >= 0.6 is 0 Å². The monoisotopic (exact) mass is 386 g/mol. The smallest absolute Gasteiger partial charge is 0.319 e. The van der Waals surface area contributed by atoms with E-state index in [1.54, 1.807) is 30.3 Å². The summed E-state index contributed by atoms with van der Waals surface area (Å²) in [5, 5.41) is 15.8. The van der Waals surface area contributed by atoms with Crippen molar-refractivity contribution in [3.8, 4) is 0 Å². The lowest BCUT2D eigenvalue weighted by atomic mass is 9.92. The lowest BCUT2D eigenvalue weighted by Gasteiger charge is -2.22. The number of nitro groups is 1. The number of halogens is 1. The van der Waals surface area contributed by atoms with Gasteiger partial charge in [0.1, 0.15) is 23.6 Å². The number of imide groups is 1. The van der Waals surface area contributed by atoms with Crippen molar-refractivity contribution >= 4 is 29.2 Å². The van der Waals surface area contributed by atoms with Crippen molar-refractivity contribution in [3.63, 3.8) is 0 Å². The summed E-state index contributed by atoms with van der Waals surface area (Å²) in [5.41, 5.74) is -1.67. The van der Waals surface area contributed by atoms with Crippen molar-refractivity contribution in [2.75, 3.05) is 11.9 Å². The summed E-state index contributed by atoms with van der Waals surface area (Å²) in [6, 6.07) is 10.4. The first kappa shape index (κ1) is 19.0. The molecule has 0 saturated carbocycles. The van der Waals surface area contributed by atoms with Crippen LogP contribution in [-0.2, 0) is 15.1 Å². The zero-order chi connectivity index (χ0) is 20.5. The third kappa shape index (κ3) is 3.39. The Bertz CT molecular complexity index is 981. The van der Waals surface area contributed by atoms with Crippen LogP contribution in [0.25, 0.3) is 0 Å². The van der Waals surface area contributed by atoms with E-state index in [0.29, 0.717) is 11.6 Å². The maximum atomic E-state index is 13.2. The first-order valence-corrected chi connectivity index (χ1v) is 8.16. The molecule has 4 amide bonds. The SMILES string of the molecule is C[C@]1(c2ccccc2)NC(=O)N(CC(=O)Nc2ccc(F)cc2[N+](=O)[O-])C1=O. The fraction of sp³-hybridized carbons (Fsp3) is 0.167. The van der Waals surface area contributed by atoms with Gasteiger partial charge in [0, 0.05) is 0 Å². The molecular formula is C18H15FN4O5. The van der Waals surface area contributed by atoms with Crippen molar-refractivity contribution in [3.05, 3.63) is 70.0 Å². The highest BCUT2D eigenvalue weighted by Gasteiger charge is 2.49. The predicted molar refractivity (Wildman–Crippen MR) is 95.7 cm³/mol. The van der Waals surface area contributed by atoms with E-state index < -0.39 is 46.4 Å². The Balaban J connectivity index is 1.77. The molecule has 0 aromatic heterocycles. The highest BCUT2D eigenvalue weighted by atomic mass is 19.1. The van der Waals surface area contributed by atoms with Gasteiger partial charge in [0.05, 0.1) is 11.0 Å². The second-order valence-corrected chi connectivity index (χ2v) is 6.28. The van der Waals surface area contributed by atoms with E-state index >= 15 is 0 Å². The molecule has 28 heavy (non-hydrogen) atoms. The van der Waals surface area contributed by atoms with E-state index in [4.69, 9.17) is 0 Å². The summed E-state index contributed by atoms with van der Waals surface area (Å²) >= 11 is 0. The molecule has 1 saturated heterocycles. The second kappa shape index (κ2) is 7.06. The Morgan fingerprint density at radius 3 is 2.57 bits per heavy atom. The van der Waals surface area contributed by atoms with Gasteiger partial charge in [-0.25, -0.2) is 9.18 Å². The number of rotatable bonds is 5. The van der Waals surface area contributed by atoms with Gasteiger partial charge in [0.15, 0.2) is 0 Å². The summed E-state index contributed by atoms with van der Waals surface area (Å²) in [5.74, 6) is -2.31. The summed E-state index contributed by atoms with van der Waals surface area (Å²) in [7, 11) is 0. The molecule has 0 bridgehead atoms. The number of urea groups is 1. The summed E-state index contributed by atoms with van der Waals surface area (Å²) in [4.78, 5) is 48.1. The number of nitrogens with zero attached hydrogens (tertiary/aromatic N) is 2. The van der Waals surface area contributed by atoms with Crippen LogP contribution in [0.5, 0.6) is 0 Å². The van der Waals surface area contributed by atoms with Crippen LogP contribution in [0.4, 0.5) is 20.6 Å². The Morgan fingerprint density at radius 2 is 1.93 bits per heavy atom. The van der Waals surface area contributed by atoms with E-state index in [1.807, 2.05) is 0 Å². The average Bonchev–Trinajstić information content (AvgIpc) is 2.88. The first-order chi connectivity index (χ1) is 13.2. The Labute approximate surface area is 158 Å². The van der Waals surface area contributed by atoms with E-state index in [9.17, 15) is 28.9 Å². The zero-order valence-electron chi connectivity index (χ0n) is 14.6. The molecule has 10 heteroatoms. The topological polar surface area (TPSA) is 122 Å². The average molecular weight is 386 g/mol. The quantitative estimate of drug-likeness (QED) is 0.463. The van der Waals surface area contributed by atoms with Crippen molar-refractivity contribution in [1.82, 2.24) is 10.2 Å². The van der Waals surface area contributed by atoms with Crippen molar-refractivity contribution in [2.24, 2.45) is 0 Å². The van der Waals surface area contributed by atoms with Crippen LogP contribution in [0, 0.1) is 15.9 Å². The van der Waals surface area contributed by atoms with E-state index in [-0.39, 0.29) is 5.69 Å². The first-order valence-electron chi connectivity index (χ1n) is 8.16. The molecule has 2 N–H and O–H groups in total. The number of carbonyl (C=O) groups excluding carboxylic acids is 3. The highest BCUT2D eigenvalue weighted by Crippen LogP contribution is 2.29. The van der Waals surface area contributed by atoms with Crippen LogP contribution in [0.3, 0.4) is 0 Å². The molecular weight excluding hydrogens is 371 g/mol. The van der Waals surface area contributed by atoms with Gasteiger partial charge in [-0.2, -0.15) is 0 Å². The van der Waals surface area contributed by atoms with Crippen LogP contribution < -0.4 is 10.6 Å². The molecule has 0 radical (unpaired) electrons. The van der Waals surface area contributed by atoms with Crippen molar-refractivity contribution < 1.29 is 23.7 Å². The number of nitro benzene ring substituents is 1. The number of benzene rings is 2. The molecule has 1 aliphatic heterocycles. The van der Waals surface area contributed by atoms with Crippen LogP contribution in [0.2, 0.25) is 0 Å². The molecule has 0 spiro atoms. The van der Waals surface area contributed by atoms with Gasteiger partial charge in [-0.3, -0.25) is 24.6 Å². The molecule has 1 fully saturated rings. The highest BCUT2D eigenvalue weighted by molar-refractivity contribution is 6.10. The van der Waals surface area contributed by atoms with Crippen LogP contribution in [0.1, 0.15) is 12.5 Å². The van der Waals surface area contributed by atoms with Gasteiger partial charge in [0.25, 0.3) is 11.6 Å². The summed E-state index contributed by atoms with van der Waals surface area (Å²) in [6.45, 7) is 0.868. The zero-order valence-corrected chi connectivity index (χ0v) is 14.6. The Kier molecular flexibility index (Phi) is 4.78. The standard InChI is InChI=1S/C18H15FN4O5/c1-18(11-5-3-2-4-6-11)16(25)22(17(26)21-18)10-15(24)20-13-8-7-12(19)9-14(13)23(27)28/h2-9H,10H2,1H3,(H,20,24)(H,21,26)/t18-/m1/s1. The van der Waals surface area contributed by atoms with Crippen LogP contribution in [0.15, 0.2) is 48.5 Å². The fourth-order valence-electron chi connectivity index (χ4n) is 2.90. The number of amides is 4. The lowest BCUT2D eigenvalue weighted by molar-refractivity contribution is -0.384. The van der Waals surface area contributed by atoms with Gasteiger partial charge < -0.3 is 10.6 Å². The van der Waals surface area contributed by atoms with E-state index in [0.717, 1.165) is 17.0 Å². The maximum absolute atomic E-state index is 13.2. The molecule has 0 unspecified atom stereocenters. The van der Waals surface area contributed by atoms with E-state index in [1.165, 1.54) is 6.92 Å². The van der Waals surface area contributed by atoms with Gasteiger partial charge in [-0.15, -0.1) is 0 Å². The fourth-order valence-corrected chi connectivity index (χ4v) is 2.90. The van der Waals surface area contributed by atoms with Gasteiger partial charge in [-0.1, -0.05) is 30.3 Å². The molecule has 0 aliphatic carbocycles. The predicted octanol–water partition coefficient (Wildman–Crippen LogP) is 2.14. The number of nitrogens with one attached hydrogen (secondary N) is 2. The van der Waals surface area contributed by atoms with E-state index in [2.05, 4.69) is 10.6 Å². The van der Waals surface area contributed by atoms with Gasteiger partial charge >= 0.3 is 6.03 Å². The molecule has 9 nitrogen and oxygen atoms in total. The Hall–Kier alpha value is -3.82. The van der Waals surface area contributed by atoms with Crippen LogP contribution in [-0.4, -0.2) is 34.2 Å². The Morgan fingerprint density at radius 1 is 1.25 bits per heavy atom. The second-order valence-electron chi connectivity index (χ2n) is 6.28. The third-order valence-corrected chi connectivity index (χ3v) is 4.36. The molecule has 3 rings (SSSR count). The number of hydrogen-bond donors (Lipinski definition) is 2. The van der Waals surface area contributed by atoms with Crippen molar-refractivity contribution in [1.29, 1.82) is 0 Å². The normalized spacial score (nSPS) is 18.7. The number of hydrogen-bond acceptors (Lipinski definition) is 5. The van der Waals surface area contributed by atoms with Gasteiger partial charge in [0.2, 0.25) is 5.91 Å². The molecule has 2 aromatic carbocycles. The number of anilines is 1. The van der Waals surface area contributed by atoms with Gasteiger partial charge in [-0.05, 0) is 24.6 Å². The minimum atomic E-state index is -1.33. The molecule has 1 aliphatic rings. The lowest BCUT2D eigenvalue weighted by Crippen LogP contribution is -2.42. The molecule has 1 heterocycles. The summed E-state index contributed by atoms with van der Waals surface area (Å²) in [6.07, 6.45) is 0. The maximum Gasteiger partial charge on any atom is 0.325 e. The summed E-state index contributed by atoms with van der Waals surface area (Å²) < 4.78 is 13.2. The number of carbonyl (C=O) groups is 3. The molecule has 1 atom stereocenters. The molecule has 144 valence electrons. The minimum Gasteiger partial charge on any atom is -0.319 e. The minimum absolute atomic E-state index is 0.241. The third-order valence-electron chi connectivity index (χ3n) is 4.36.